The van der Waals surface area contributed by atoms with Gasteiger partial charge in [-0.2, -0.15) is 5.10 Å². The summed E-state index contributed by atoms with van der Waals surface area (Å²) in [6, 6.07) is 5.96. The number of hydrogen-bond donors (Lipinski definition) is 2. The molecule has 0 aliphatic carbocycles. The van der Waals surface area contributed by atoms with Gasteiger partial charge in [-0.05, 0) is 31.0 Å². The Morgan fingerprint density at radius 3 is 3.10 bits per heavy atom. The number of rotatable bonds is 5. The molecule has 108 valence electrons. The quantitative estimate of drug-likeness (QED) is 0.747. The lowest BCUT2D eigenvalue weighted by Gasteiger charge is -2.01. The zero-order valence-corrected chi connectivity index (χ0v) is 11.8. The van der Waals surface area contributed by atoms with Gasteiger partial charge in [0.15, 0.2) is 0 Å². The van der Waals surface area contributed by atoms with E-state index in [-0.39, 0.29) is 5.91 Å². The summed E-state index contributed by atoms with van der Waals surface area (Å²) in [5, 5.41) is 9.49. The Labute approximate surface area is 122 Å². The van der Waals surface area contributed by atoms with Gasteiger partial charge in [0.25, 0.3) is 0 Å². The molecule has 0 saturated heterocycles. The van der Waals surface area contributed by atoms with Crippen LogP contribution in [0.15, 0.2) is 36.8 Å². The van der Waals surface area contributed by atoms with Gasteiger partial charge in [-0.3, -0.25) is 9.89 Å². The Balaban J connectivity index is 1.56. The summed E-state index contributed by atoms with van der Waals surface area (Å²) < 4.78 is 2.02. The molecule has 0 fully saturated rings. The molecule has 0 atom stereocenters. The average molecular weight is 283 g/mol. The Kier molecular flexibility index (Phi) is 3.68. The van der Waals surface area contributed by atoms with Crippen LogP contribution >= 0.6 is 0 Å². The number of hydrogen-bond acceptors (Lipinski definition) is 3. The fraction of sp³-hybridized carbons (Fsp3) is 0.267. The molecule has 0 radical (unpaired) electrons. The molecule has 0 aromatic carbocycles. The van der Waals surface area contributed by atoms with Crippen LogP contribution in [-0.4, -0.2) is 25.5 Å². The van der Waals surface area contributed by atoms with Crippen molar-refractivity contribution in [3.8, 4) is 0 Å². The molecular weight excluding hydrogens is 266 g/mol. The molecule has 6 heteroatoms. The van der Waals surface area contributed by atoms with Crippen molar-refractivity contribution in [2.45, 2.75) is 26.3 Å². The first kappa shape index (κ1) is 13.4. The molecule has 0 saturated carbocycles. The molecule has 2 N–H and O–H groups in total. The lowest BCUT2D eigenvalue weighted by Crippen LogP contribution is -2.23. The van der Waals surface area contributed by atoms with Gasteiger partial charge >= 0.3 is 0 Å². The van der Waals surface area contributed by atoms with Crippen LogP contribution in [0.5, 0.6) is 0 Å². The van der Waals surface area contributed by atoms with Crippen molar-refractivity contribution in [1.29, 1.82) is 0 Å². The van der Waals surface area contributed by atoms with E-state index in [0.717, 1.165) is 22.6 Å². The van der Waals surface area contributed by atoms with Crippen LogP contribution in [-0.2, 0) is 17.8 Å². The minimum Gasteiger partial charge on any atom is -0.350 e. The van der Waals surface area contributed by atoms with E-state index in [1.165, 1.54) is 0 Å². The van der Waals surface area contributed by atoms with E-state index in [1.807, 2.05) is 35.7 Å². The number of imidazole rings is 1. The monoisotopic (exact) mass is 283 g/mol. The van der Waals surface area contributed by atoms with E-state index in [2.05, 4.69) is 20.5 Å². The second-order valence-corrected chi connectivity index (χ2v) is 5.01. The third-order valence-corrected chi connectivity index (χ3v) is 3.41. The van der Waals surface area contributed by atoms with Gasteiger partial charge in [0.1, 0.15) is 5.65 Å². The summed E-state index contributed by atoms with van der Waals surface area (Å²) in [5.74, 6) is 0.0185. The number of H-pyrrole nitrogens is 1. The van der Waals surface area contributed by atoms with Crippen LogP contribution in [0.2, 0.25) is 0 Å². The van der Waals surface area contributed by atoms with Crippen LogP contribution < -0.4 is 5.32 Å². The number of nitrogens with zero attached hydrogens (tertiary/aromatic N) is 3. The third-order valence-electron chi connectivity index (χ3n) is 3.41. The molecule has 0 unspecified atom stereocenters. The lowest BCUT2D eigenvalue weighted by molar-refractivity contribution is -0.121. The van der Waals surface area contributed by atoms with E-state index in [4.69, 9.17) is 0 Å². The molecule has 21 heavy (non-hydrogen) atoms. The van der Waals surface area contributed by atoms with Crippen LogP contribution in [0.25, 0.3) is 5.65 Å². The van der Waals surface area contributed by atoms with Gasteiger partial charge in [0.2, 0.25) is 5.91 Å². The summed E-state index contributed by atoms with van der Waals surface area (Å²) in [7, 11) is 0. The zero-order valence-electron chi connectivity index (χ0n) is 11.8. The Hall–Kier alpha value is -2.63. The maximum Gasteiger partial charge on any atom is 0.220 e. The topological polar surface area (TPSA) is 75.1 Å². The van der Waals surface area contributed by atoms with E-state index in [0.29, 0.717) is 19.4 Å². The summed E-state index contributed by atoms with van der Waals surface area (Å²) >= 11 is 0. The van der Waals surface area contributed by atoms with Gasteiger partial charge in [-0.15, -0.1) is 0 Å². The smallest absolute Gasteiger partial charge is 0.220 e. The van der Waals surface area contributed by atoms with E-state index in [9.17, 15) is 4.79 Å². The minimum atomic E-state index is 0.0185. The van der Waals surface area contributed by atoms with Crippen molar-refractivity contribution < 1.29 is 4.79 Å². The van der Waals surface area contributed by atoms with Crippen molar-refractivity contribution >= 4 is 11.6 Å². The van der Waals surface area contributed by atoms with Crippen LogP contribution in [0.3, 0.4) is 0 Å². The number of pyridine rings is 1. The highest BCUT2D eigenvalue weighted by Gasteiger charge is 2.06. The molecule has 3 heterocycles. The van der Waals surface area contributed by atoms with Crippen molar-refractivity contribution in [2.24, 2.45) is 0 Å². The van der Waals surface area contributed by atoms with Gasteiger partial charge in [0.05, 0.1) is 18.4 Å². The fourth-order valence-electron chi connectivity index (χ4n) is 2.23. The highest BCUT2D eigenvalue weighted by atomic mass is 16.1. The number of carbonyl (C=O) groups excluding carboxylic acids is 1. The van der Waals surface area contributed by atoms with Crippen LogP contribution in [0, 0.1) is 6.92 Å². The molecule has 0 spiro atoms. The molecule has 0 aliphatic rings. The Morgan fingerprint density at radius 2 is 2.33 bits per heavy atom. The predicted octanol–water partition coefficient (Wildman–Crippen LogP) is 1.61. The summed E-state index contributed by atoms with van der Waals surface area (Å²) in [4.78, 5) is 16.3. The zero-order chi connectivity index (χ0) is 14.7. The first-order chi connectivity index (χ1) is 10.2. The molecule has 0 bridgehead atoms. The van der Waals surface area contributed by atoms with Gasteiger partial charge < -0.3 is 9.72 Å². The first-order valence-electron chi connectivity index (χ1n) is 6.90. The Morgan fingerprint density at radius 1 is 1.43 bits per heavy atom. The van der Waals surface area contributed by atoms with Crippen molar-refractivity contribution in [1.82, 2.24) is 24.9 Å². The minimum absolute atomic E-state index is 0.0185. The second kappa shape index (κ2) is 5.78. The summed E-state index contributed by atoms with van der Waals surface area (Å²) in [6.07, 6.45) is 6.63. The molecule has 3 rings (SSSR count). The fourth-order valence-corrected chi connectivity index (χ4v) is 2.23. The lowest BCUT2D eigenvalue weighted by atomic mass is 10.2. The molecule has 6 nitrogen and oxygen atoms in total. The van der Waals surface area contributed by atoms with Crippen LogP contribution in [0.4, 0.5) is 0 Å². The standard InChI is InChI=1S/C15H17N5O/c1-11-3-2-4-14-19-13(10-20(11)14)9-16-15(21)6-5-12-7-17-18-8-12/h2-4,7-8,10H,5-6,9H2,1H3,(H,16,21)(H,17,18). The van der Waals surface area contributed by atoms with E-state index >= 15 is 0 Å². The average Bonchev–Trinajstić information content (AvgIpc) is 3.12. The molecule has 3 aromatic rings. The molecule has 0 aliphatic heterocycles. The number of aromatic nitrogens is 4. The van der Waals surface area contributed by atoms with Crippen LogP contribution in [0.1, 0.15) is 23.4 Å². The van der Waals surface area contributed by atoms with Crippen molar-refractivity contribution in [3.63, 3.8) is 0 Å². The Bertz CT molecular complexity index is 745. The number of aryl methyl sites for hydroxylation is 2. The van der Waals surface area contributed by atoms with E-state index in [1.54, 1.807) is 12.4 Å². The highest BCUT2D eigenvalue weighted by molar-refractivity contribution is 5.76. The molecular formula is C15H17N5O. The first-order valence-corrected chi connectivity index (χ1v) is 6.90. The van der Waals surface area contributed by atoms with Gasteiger partial charge in [-0.25, -0.2) is 4.98 Å². The van der Waals surface area contributed by atoms with Crippen molar-refractivity contribution in [2.75, 3.05) is 0 Å². The summed E-state index contributed by atoms with van der Waals surface area (Å²) in [6.45, 7) is 2.48. The normalized spacial score (nSPS) is 10.9. The molecule has 1 amide bonds. The summed E-state index contributed by atoms with van der Waals surface area (Å²) in [5.41, 5.74) is 3.92. The molecule has 3 aromatic heterocycles. The van der Waals surface area contributed by atoms with Crippen molar-refractivity contribution in [3.05, 3.63) is 53.7 Å². The maximum absolute atomic E-state index is 11.8. The second-order valence-electron chi connectivity index (χ2n) is 5.01. The largest absolute Gasteiger partial charge is 0.350 e. The number of nitrogens with one attached hydrogen (secondary N) is 2. The predicted molar refractivity (Wildman–Crippen MR) is 78.7 cm³/mol. The third kappa shape index (κ3) is 3.10. The van der Waals surface area contributed by atoms with Gasteiger partial charge in [0, 0.05) is 24.5 Å². The SMILES string of the molecule is Cc1cccc2nc(CNC(=O)CCc3cn[nH]c3)cn12. The number of amides is 1. The maximum atomic E-state index is 11.8. The van der Waals surface area contributed by atoms with Gasteiger partial charge in [-0.1, -0.05) is 6.07 Å². The number of carbonyl (C=O) groups is 1. The number of fused-ring (bicyclic) bond motifs is 1. The van der Waals surface area contributed by atoms with E-state index < -0.39 is 0 Å². The highest BCUT2D eigenvalue weighted by Crippen LogP contribution is 2.08. The number of aromatic amines is 1.